The highest BCUT2D eigenvalue weighted by atomic mass is 35.5. The summed E-state index contributed by atoms with van der Waals surface area (Å²) in [6.45, 7) is 0. The van der Waals surface area contributed by atoms with Crippen LogP contribution in [0.25, 0.3) is 11.1 Å². The summed E-state index contributed by atoms with van der Waals surface area (Å²) < 4.78 is 25.3. The van der Waals surface area contributed by atoms with Gasteiger partial charge in [-0.05, 0) is 47.5 Å². The van der Waals surface area contributed by atoms with Crippen molar-refractivity contribution in [3.8, 4) is 16.9 Å². The van der Waals surface area contributed by atoms with Crippen LogP contribution in [0.15, 0.2) is 82.6 Å². The van der Waals surface area contributed by atoms with Crippen LogP contribution in [-0.4, -0.2) is 13.5 Å². The molecule has 23 heavy (non-hydrogen) atoms. The molecule has 3 aromatic carbocycles. The number of hydrogen-bond acceptors (Lipinski definition) is 3. The number of rotatable bonds is 3. The van der Waals surface area contributed by atoms with Gasteiger partial charge in [0.2, 0.25) is 9.84 Å². The fourth-order valence-corrected chi connectivity index (χ4v) is 4.10. The Labute approximate surface area is 139 Å². The van der Waals surface area contributed by atoms with E-state index in [1.807, 2.05) is 0 Å². The van der Waals surface area contributed by atoms with Gasteiger partial charge in [-0.15, -0.1) is 0 Å². The van der Waals surface area contributed by atoms with Crippen LogP contribution in [0.3, 0.4) is 0 Å². The Balaban J connectivity index is 2.05. The summed E-state index contributed by atoms with van der Waals surface area (Å²) in [6, 6.07) is 19.6. The van der Waals surface area contributed by atoms with Crippen LogP contribution >= 0.6 is 11.6 Å². The van der Waals surface area contributed by atoms with Gasteiger partial charge in [-0.3, -0.25) is 0 Å². The second-order valence-corrected chi connectivity index (χ2v) is 7.33. The van der Waals surface area contributed by atoms with Crippen molar-refractivity contribution in [2.24, 2.45) is 0 Å². The Morgan fingerprint density at radius 3 is 2.00 bits per heavy atom. The first-order chi connectivity index (χ1) is 11.0. The molecule has 0 aliphatic carbocycles. The molecule has 0 heterocycles. The Kier molecular flexibility index (Phi) is 4.11. The third kappa shape index (κ3) is 3.09. The van der Waals surface area contributed by atoms with Crippen molar-refractivity contribution in [3.63, 3.8) is 0 Å². The smallest absolute Gasteiger partial charge is 0.208 e. The molecular formula is C18H13ClO3S. The molecule has 0 spiro atoms. The fraction of sp³-hybridized carbons (Fsp3) is 0. The van der Waals surface area contributed by atoms with Crippen LogP contribution in [0.4, 0.5) is 0 Å². The Hall–Kier alpha value is -2.30. The number of aromatic hydroxyl groups is 1. The van der Waals surface area contributed by atoms with E-state index < -0.39 is 9.84 Å². The van der Waals surface area contributed by atoms with Crippen molar-refractivity contribution in [2.45, 2.75) is 9.79 Å². The molecule has 0 unspecified atom stereocenters. The Morgan fingerprint density at radius 2 is 1.39 bits per heavy atom. The predicted molar refractivity (Wildman–Crippen MR) is 90.4 cm³/mol. The van der Waals surface area contributed by atoms with Gasteiger partial charge < -0.3 is 5.11 Å². The van der Waals surface area contributed by atoms with Gasteiger partial charge in [0.25, 0.3) is 0 Å². The molecule has 0 aliphatic rings. The summed E-state index contributed by atoms with van der Waals surface area (Å²) in [5, 5.41) is 9.50. The first-order valence-electron chi connectivity index (χ1n) is 6.87. The highest BCUT2D eigenvalue weighted by molar-refractivity contribution is 7.91. The summed E-state index contributed by atoms with van der Waals surface area (Å²) in [4.78, 5) is 0.284. The zero-order valence-electron chi connectivity index (χ0n) is 12.0. The van der Waals surface area contributed by atoms with E-state index in [0.717, 1.165) is 11.1 Å². The highest BCUT2D eigenvalue weighted by Crippen LogP contribution is 2.32. The largest absolute Gasteiger partial charge is 0.508 e. The lowest BCUT2D eigenvalue weighted by atomic mass is 10.1. The summed E-state index contributed by atoms with van der Waals surface area (Å²) in [7, 11) is -3.65. The molecule has 0 saturated carbocycles. The first kappa shape index (κ1) is 15.6. The number of halogens is 1. The number of phenols is 1. The first-order valence-corrected chi connectivity index (χ1v) is 8.74. The minimum atomic E-state index is -3.65. The standard InChI is InChI=1S/C18H13ClO3S/c19-17-12-14(13-6-9-15(20)10-7-13)8-11-18(17)23(21,22)16-4-2-1-3-5-16/h1-12,20H. The molecule has 0 aliphatic heterocycles. The molecule has 1 N–H and O–H groups in total. The zero-order chi connectivity index (χ0) is 16.4. The molecular weight excluding hydrogens is 332 g/mol. The lowest BCUT2D eigenvalue weighted by molar-refractivity contribution is 0.475. The van der Waals surface area contributed by atoms with Crippen molar-refractivity contribution in [2.75, 3.05) is 0 Å². The lowest BCUT2D eigenvalue weighted by Crippen LogP contribution is -2.02. The van der Waals surface area contributed by atoms with E-state index in [-0.39, 0.29) is 20.6 Å². The normalized spacial score (nSPS) is 11.3. The van der Waals surface area contributed by atoms with E-state index in [2.05, 4.69) is 0 Å². The zero-order valence-corrected chi connectivity index (χ0v) is 13.6. The molecule has 3 aromatic rings. The lowest BCUT2D eigenvalue weighted by Gasteiger charge is -2.09. The van der Waals surface area contributed by atoms with Crippen LogP contribution in [0, 0.1) is 0 Å². The van der Waals surface area contributed by atoms with Gasteiger partial charge in [0.1, 0.15) is 5.75 Å². The number of phenolic OH excluding ortho intramolecular Hbond substituents is 1. The van der Waals surface area contributed by atoms with Gasteiger partial charge in [0.15, 0.2) is 0 Å². The third-order valence-electron chi connectivity index (χ3n) is 3.48. The summed E-state index contributed by atoms with van der Waals surface area (Å²) in [6.07, 6.45) is 0. The molecule has 0 bridgehead atoms. The predicted octanol–water partition coefficient (Wildman–Crippen LogP) is 4.55. The van der Waals surface area contributed by atoms with E-state index >= 15 is 0 Å². The van der Waals surface area contributed by atoms with Crippen LogP contribution < -0.4 is 0 Å². The van der Waals surface area contributed by atoms with Crippen molar-refractivity contribution in [1.29, 1.82) is 0 Å². The van der Waals surface area contributed by atoms with E-state index in [9.17, 15) is 13.5 Å². The average molecular weight is 345 g/mol. The molecule has 5 heteroatoms. The fourth-order valence-electron chi connectivity index (χ4n) is 2.28. The average Bonchev–Trinajstić information content (AvgIpc) is 2.56. The van der Waals surface area contributed by atoms with Gasteiger partial charge in [-0.2, -0.15) is 0 Å². The third-order valence-corrected chi connectivity index (χ3v) is 5.73. The van der Waals surface area contributed by atoms with E-state index in [1.165, 1.54) is 6.07 Å². The van der Waals surface area contributed by atoms with E-state index in [0.29, 0.717) is 0 Å². The minimum Gasteiger partial charge on any atom is -0.508 e. The Morgan fingerprint density at radius 1 is 0.783 bits per heavy atom. The highest BCUT2D eigenvalue weighted by Gasteiger charge is 2.20. The van der Waals surface area contributed by atoms with E-state index in [4.69, 9.17) is 11.6 Å². The molecule has 3 nitrogen and oxygen atoms in total. The molecule has 0 aromatic heterocycles. The van der Waals surface area contributed by atoms with Gasteiger partial charge in [-0.25, -0.2) is 8.42 Å². The quantitative estimate of drug-likeness (QED) is 0.758. The van der Waals surface area contributed by atoms with Crippen LogP contribution in [0.2, 0.25) is 5.02 Å². The number of sulfone groups is 1. The minimum absolute atomic E-state index is 0.0768. The van der Waals surface area contributed by atoms with Gasteiger partial charge in [0.05, 0.1) is 14.8 Å². The van der Waals surface area contributed by atoms with Crippen LogP contribution in [-0.2, 0) is 9.84 Å². The van der Waals surface area contributed by atoms with Gasteiger partial charge in [0, 0.05) is 0 Å². The molecule has 0 radical (unpaired) electrons. The van der Waals surface area contributed by atoms with Crippen molar-refractivity contribution < 1.29 is 13.5 Å². The molecule has 116 valence electrons. The van der Waals surface area contributed by atoms with Gasteiger partial charge in [-0.1, -0.05) is 48.0 Å². The summed E-state index contributed by atoms with van der Waals surface area (Å²) in [5.74, 6) is 0.170. The van der Waals surface area contributed by atoms with E-state index in [1.54, 1.807) is 66.7 Å². The maximum absolute atomic E-state index is 12.6. The van der Waals surface area contributed by atoms with Crippen LogP contribution in [0.1, 0.15) is 0 Å². The SMILES string of the molecule is O=S(=O)(c1ccccc1)c1ccc(-c2ccc(O)cc2)cc1Cl. The maximum atomic E-state index is 12.6. The molecule has 0 saturated heterocycles. The molecule has 0 amide bonds. The maximum Gasteiger partial charge on any atom is 0.208 e. The molecule has 0 fully saturated rings. The Bertz CT molecular complexity index is 934. The molecule has 0 atom stereocenters. The summed E-state index contributed by atoms with van der Waals surface area (Å²) in [5.41, 5.74) is 1.62. The van der Waals surface area contributed by atoms with Gasteiger partial charge >= 0.3 is 0 Å². The second-order valence-electron chi connectivity index (χ2n) is 5.01. The van der Waals surface area contributed by atoms with Crippen molar-refractivity contribution >= 4 is 21.4 Å². The molecule has 3 rings (SSSR count). The number of benzene rings is 3. The summed E-state index contributed by atoms with van der Waals surface area (Å²) >= 11 is 6.22. The topological polar surface area (TPSA) is 54.4 Å². The van der Waals surface area contributed by atoms with Crippen molar-refractivity contribution in [3.05, 3.63) is 77.8 Å². The second kappa shape index (κ2) is 6.07. The number of hydrogen-bond donors (Lipinski definition) is 1. The van der Waals surface area contributed by atoms with Crippen LogP contribution in [0.5, 0.6) is 5.75 Å². The van der Waals surface area contributed by atoms with Crippen molar-refractivity contribution in [1.82, 2.24) is 0 Å². The monoisotopic (exact) mass is 344 g/mol.